The Balaban J connectivity index is 1.46. The second kappa shape index (κ2) is 5.62. The lowest BCUT2D eigenvalue weighted by Gasteiger charge is -2.37. The van der Waals surface area contributed by atoms with Crippen molar-refractivity contribution in [1.29, 1.82) is 0 Å². The normalized spacial score (nSPS) is 23.0. The molecule has 0 atom stereocenters. The van der Waals surface area contributed by atoms with Crippen LogP contribution in [0.3, 0.4) is 0 Å². The lowest BCUT2D eigenvalue weighted by atomic mass is 9.71. The van der Waals surface area contributed by atoms with Gasteiger partial charge in [-0.25, -0.2) is 4.39 Å². The quantitative estimate of drug-likeness (QED) is 0.849. The summed E-state index contributed by atoms with van der Waals surface area (Å²) in [6.45, 7) is 0.873. The van der Waals surface area contributed by atoms with E-state index in [4.69, 9.17) is 0 Å². The van der Waals surface area contributed by atoms with E-state index in [1.165, 1.54) is 56.9 Å². The first-order valence-corrected chi connectivity index (χ1v) is 7.74. The molecule has 0 bridgehead atoms. The molecule has 1 aromatic carbocycles. The highest BCUT2D eigenvalue weighted by atomic mass is 19.1. The highest BCUT2D eigenvalue weighted by Crippen LogP contribution is 2.48. The number of benzene rings is 1. The Morgan fingerprint density at radius 3 is 2.26 bits per heavy atom. The Morgan fingerprint density at radius 1 is 1.00 bits per heavy atom. The van der Waals surface area contributed by atoms with Gasteiger partial charge in [0.1, 0.15) is 5.82 Å². The van der Waals surface area contributed by atoms with Crippen molar-refractivity contribution in [3.63, 3.8) is 0 Å². The summed E-state index contributed by atoms with van der Waals surface area (Å²) in [5, 5.41) is 3.64. The Labute approximate surface area is 115 Å². The third-order valence-corrected chi connectivity index (χ3v) is 5.22. The lowest BCUT2D eigenvalue weighted by Crippen LogP contribution is -2.36. The van der Waals surface area contributed by atoms with Crippen LogP contribution in [-0.2, 0) is 6.54 Å². The predicted octanol–water partition coefficient (Wildman–Crippen LogP) is 4.42. The molecule has 1 N–H and O–H groups in total. The molecule has 1 aromatic rings. The van der Waals surface area contributed by atoms with E-state index in [9.17, 15) is 4.39 Å². The maximum Gasteiger partial charge on any atom is 0.123 e. The number of hydrogen-bond acceptors (Lipinski definition) is 1. The van der Waals surface area contributed by atoms with Crippen LogP contribution in [0, 0.1) is 11.2 Å². The summed E-state index contributed by atoms with van der Waals surface area (Å²) in [4.78, 5) is 0. The van der Waals surface area contributed by atoms with Gasteiger partial charge in [0.2, 0.25) is 0 Å². The predicted molar refractivity (Wildman–Crippen MR) is 76.4 cm³/mol. The summed E-state index contributed by atoms with van der Waals surface area (Å²) in [7, 11) is 0. The van der Waals surface area contributed by atoms with Gasteiger partial charge < -0.3 is 5.32 Å². The van der Waals surface area contributed by atoms with Gasteiger partial charge in [-0.1, -0.05) is 25.0 Å². The van der Waals surface area contributed by atoms with E-state index in [1.807, 2.05) is 12.1 Å². The average molecular weight is 261 g/mol. The monoisotopic (exact) mass is 261 g/mol. The minimum absolute atomic E-state index is 0.149. The SMILES string of the molecule is Fc1ccc(CNC2CCC3(CCCC3)CC2)cc1. The highest BCUT2D eigenvalue weighted by molar-refractivity contribution is 5.15. The molecule has 0 aromatic heterocycles. The van der Waals surface area contributed by atoms with Crippen LogP contribution in [0.4, 0.5) is 4.39 Å². The van der Waals surface area contributed by atoms with E-state index in [2.05, 4.69) is 5.32 Å². The van der Waals surface area contributed by atoms with Gasteiger partial charge in [0.15, 0.2) is 0 Å². The first-order valence-electron chi connectivity index (χ1n) is 7.74. The summed E-state index contributed by atoms with van der Waals surface area (Å²) >= 11 is 0. The smallest absolute Gasteiger partial charge is 0.123 e. The molecule has 2 aliphatic rings. The van der Waals surface area contributed by atoms with Crippen LogP contribution in [0.25, 0.3) is 0 Å². The van der Waals surface area contributed by atoms with Gasteiger partial charge in [-0.2, -0.15) is 0 Å². The molecule has 2 saturated carbocycles. The van der Waals surface area contributed by atoms with Crippen molar-refractivity contribution >= 4 is 0 Å². The Hall–Kier alpha value is -0.890. The third kappa shape index (κ3) is 3.17. The molecular weight excluding hydrogens is 237 g/mol. The zero-order valence-electron chi connectivity index (χ0n) is 11.6. The number of rotatable bonds is 3. The molecule has 0 unspecified atom stereocenters. The average Bonchev–Trinajstić information content (AvgIpc) is 2.89. The minimum atomic E-state index is -0.149. The van der Waals surface area contributed by atoms with Crippen molar-refractivity contribution in [2.24, 2.45) is 5.41 Å². The Kier molecular flexibility index (Phi) is 3.88. The van der Waals surface area contributed by atoms with Gasteiger partial charge in [0.25, 0.3) is 0 Å². The molecule has 2 aliphatic carbocycles. The van der Waals surface area contributed by atoms with Gasteiger partial charge >= 0.3 is 0 Å². The summed E-state index contributed by atoms with van der Waals surface area (Å²) in [5.74, 6) is -0.149. The first-order chi connectivity index (χ1) is 9.26. The van der Waals surface area contributed by atoms with E-state index < -0.39 is 0 Å². The van der Waals surface area contributed by atoms with Crippen molar-refractivity contribution in [3.8, 4) is 0 Å². The van der Waals surface area contributed by atoms with Crippen molar-refractivity contribution in [1.82, 2.24) is 5.32 Å². The fourth-order valence-electron chi connectivity index (χ4n) is 3.92. The maximum absolute atomic E-state index is 12.8. The van der Waals surface area contributed by atoms with Crippen molar-refractivity contribution in [2.75, 3.05) is 0 Å². The van der Waals surface area contributed by atoms with Crippen LogP contribution in [0.5, 0.6) is 0 Å². The van der Waals surface area contributed by atoms with Crippen LogP contribution in [0.2, 0.25) is 0 Å². The highest BCUT2D eigenvalue weighted by Gasteiger charge is 2.37. The zero-order chi connectivity index (χ0) is 13.1. The minimum Gasteiger partial charge on any atom is -0.310 e. The maximum atomic E-state index is 12.8. The van der Waals surface area contributed by atoms with Crippen LogP contribution in [-0.4, -0.2) is 6.04 Å². The molecule has 0 aliphatic heterocycles. The second-order valence-electron chi connectivity index (χ2n) is 6.49. The van der Waals surface area contributed by atoms with Crippen molar-refractivity contribution in [2.45, 2.75) is 64.0 Å². The van der Waals surface area contributed by atoms with Crippen LogP contribution >= 0.6 is 0 Å². The Morgan fingerprint density at radius 2 is 1.63 bits per heavy atom. The van der Waals surface area contributed by atoms with Crippen LogP contribution in [0.1, 0.15) is 56.9 Å². The van der Waals surface area contributed by atoms with Crippen molar-refractivity contribution in [3.05, 3.63) is 35.6 Å². The third-order valence-electron chi connectivity index (χ3n) is 5.22. The van der Waals surface area contributed by atoms with E-state index in [1.54, 1.807) is 12.1 Å². The zero-order valence-corrected chi connectivity index (χ0v) is 11.6. The molecule has 0 heterocycles. The molecule has 0 amide bonds. The van der Waals surface area contributed by atoms with Gasteiger partial charge in [0, 0.05) is 12.6 Å². The topological polar surface area (TPSA) is 12.0 Å². The molecule has 3 rings (SSSR count). The molecule has 2 heteroatoms. The summed E-state index contributed by atoms with van der Waals surface area (Å²) in [6.07, 6.45) is 11.3. The molecule has 0 radical (unpaired) electrons. The standard InChI is InChI=1S/C17H24FN/c18-15-5-3-14(4-6-15)13-19-16-7-11-17(12-8-16)9-1-2-10-17/h3-6,16,19H,1-2,7-13H2. The fourth-order valence-corrected chi connectivity index (χ4v) is 3.92. The molecule has 2 fully saturated rings. The summed E-state index contributed by atoms with van der Waals surface area (Å²) in [5.41, 5.74) is 1.90. The first kappa shape index (κ1) is 13.1. The molecule has 1 nitrogen and oxygen atoms in total. The largest absolute Gasteiger partial charge is 0.310 e. The molecule has 0 saturated heterocycles. The summed E-state index contributed by atoms with van der Waals surface area (Å²) < 4.78 is 12.8. The van der Waals surface area contributed by atoms with E-state index in [0.29, 0.717) is 11.5 Å². The van der Waals surface area contributed by atoms with Crippen LogP contribution in [0.15, 0.2) is 24.3 Å². The van der Waals surface area contributed by atoms with Crippen LogP contribution < -0.4 is 5.32 Å². The van der Waals surface area contributed by atoms with Gasteiger partial charge in [0.05, 0.1) is 0 Å². The second-order valence-corrected chi connectivity index (χ2v) is 6.49. The van der Waals surface area contributed by atoms with E-state index >= 15 is 0 Å². The van der Waals surface area contributed by atoms with Gasteiger partial charge in [-0.15, -0.1) is 0 Å². The van der Waals surface area contributed by atoms with Gasteiger partial charge in [-0.05, 0) is 61.6 Å². The summed E-state index contributed by atoms with van der Waals surface area (Å²) in [6, 6.07) is 7.51. The molecule has 19 heavy (non-hydrogen) atoms. The fraction of sp³-hybridized carbons (Fsp3) is 0.647. The molecule has 104 valence electrons. The lowest BCUT2D eigenvalue weighted by molar-refractivity contribution is 0.168. The molecular formula is C17H24FN. The van der Waals surface area contributed by atoms with E-state index in [0.717, 1.165) is 6.54 Å². The van der Waals surface area contributed by atoms with Crippen molar-refractivity contribution < 1.29 is 4.39 Å². The number of halogens is 1. The number of nitrogens with one attached hydrogen (secondary N) is 1. The Bertz CT molecular complexity index is 396. The molecule has 1 spiro atoms. The van der Waals surface area contributed by atoms with Gasteiger partial charge in [-0.3, -0.25) is 0 Å². The van der Waals surface area contributed by atoms with E-state index in [-0.39, 0.29) is 5.82 Å². The number of hydrogen-bond donors (Lipinski definition) is 1.